The molecule has 13 heavy (non-hydrogen) atoms. The van der Waals surface area contributed by atoms with Crippen molar-refractivity contribution < 1.29 is 0 Å². The van der Waals surface area contributed by atoms with Crippen LogP contribution in [0.4, 0.5) is 0 Å². The van der Waals surface area contributed by atoms with Crippen molar-refractivity contribution in [2.45, 2.75) is 65.0 Å². The van der Waals surface area contributed by atoms with Crippen LogP contribution in [0.1, 0.15) is 58.8 Å². The Morgan fingerprint density at radius 2 is 1.77 bits per heavy atom. The molecule has 2 heteroatoms. The van der Waals surface area contributed by atoms with Gasteiger partial charge in [0.15, 0.2) is 0 Å². The van der Waals surface area contributed by atoms with Gasteiger partial charge in [-0.1, -0.05) is 46.0 Å². The van der Waals surface area contributed by atoms with Gasteiger partial charge in [0.25, 0.3) is 0 Å². The van der Waals surface area contributed by atoms with Crippen molar-refractivity contribution in [3.8, 4) is 0 Å². The Morgan fingerprint density at radius 1 is 1.00 bits per heavy atom. The van der Waals surface area contributed by atoms with E-state index in [2.05, 4.69) is 24.3 Å². The molecule has 0 aromatic rings. The fourth-order valence-electron chi connectivity index (χ4n) is 1.69. The molecule has 0 amide bonds. The molecule has 0 aromatic heterocycles. The van der Waals surface area contributed by atoms with E-state index >= 15 is 0 Å². The maximum atomic E-state index is 3.41. The lowest BCUT2D eigenvalue weighted by Gasteiger charge is -1.99. The second-order valence-corrected chi connectivity index (χ2v) is 4.04. The summed E-state index contributed by atoms with van der Waals surface area (Å²) < 4.78 is 0. The summed E-state index contributed by atoms with van der Waals surface area (Å²) in [5, 5.41) is 2.38. The molecule has 78 valence electrons. The number of hydrogen-bond acceptors (Lipinski definition) is 2. The van der Waals surface area contributed by atoms with Gasteiger partial charge >= 0.3 is 0 Å². The Hall–Kier alpha value is -0.0800. The summed E-state index contributed by atoms with van der Waals surface area (Å²) in [5.74, 6) is 0. The van der Waals surface area contributed by atoms with Crippen LogP contribution < -0.4 is 5.43 Å². The number of hydrazine groups is 1. The zero-order valence-corrected chi connectivity index (χ0v) is 9.18. The van der Waals surface area contributed by atoms with Gasteiger partial charge in [0, 0.05) is 6.54 Å². The lowest BCUT2D eigenvalue weighted by Crippen LogP contribution is -2.04. The summed E-state index contributed by atoms with van der Waals surface area (Å²) in [6.45, 7) is 5.76. The molecule has 2 atom stereocenters. The van der Waals surface area contributed by atoms with Crippen molar-refractivity contribution >= 4 is 0 Å². The van der Waals surface area contributed by atoms with E-state index in [0.717, 1.165) is 6.17 Å². The Bertz CT molecular complexity index is 125. The van der Waals surface area contributed by atoms with Crippen LogP contribution in [0.15, 0.2) is 0 Å². The highest BCUT2D eigenvalue weighted by Crippen LogP contribution is 2.17. The van der Waals surface area contributed by atoms with E-state index < -0.39 is 0 Å². The molecule has 0 aliphatic carbocycles. The molecule has 0 bridgehead atoms. The van der Waals surface area contributed by atoms with Gasteiger partial charge in [-0.15, -0.1) is 0 Å². The first-order valence-corrected chi connectivity index (χ1v) is 5.91. The van der Waals surface area contributed by atoms with Gasteiger partial charge in [0.1, 0.15) is 0 Å². The Labute approximate surface area is 82.7 Å². The van der Waals surface area contributed by atoms with Crippen LogP contribution in [-0.4, -0.2) is 17.7 Å². The van der Waals surface area contributed by atoms with Crippen LogP contribution in [0.25, 0.3) is 0 Å². The van der Waals surface area contributed by atoms with Crippen molar-refractivity contribution in [3.63, 3.8) is 0 Å². The van der Waals surface area contributed by atoms with Gasteiger partial charge < -0.3 is 0 Å². The minimum absolute atomic E-state index is 0.725. The predicted octanol–water partition coefficient (Wildman–Crippen LogP) is 2.90. The van der Waals surface area contributed by atoms with Crippen LogP contribution in [0.3, 0.4) is 0 Å². The molecule has 1 heterocycles. The fraction of sp³-hybridized carbons (Fsp3) is 1.00. The molecule has 0 aromatic carbocycles. The SMILES string of the molecule is CCCCCC[C@H]1NN1CCCC. The highest BCUT2D eigenvalue weighted by Gasteiger charge is 2.30. The second-order valence-electron chi connectivity index (χ2n) is 4.04. The number of nitrogens with one attached hydrogen (secondary N) is 1. The molecular formula is C11H24N2. The van der Waals surface area contributed by atoms with Crippen LogP contribution >= 0.6 is 0 Å². The van der Waals surface area contributed by atoms with Crippen LogP contribution in [0, 0.1) is 0 Å². The van der Waals surface area contributed by atoms with Gasteiger partial charge in [-0.2, -0.15) is 0 Å². The maximum Gasteiger partial charge on any atom is 0.0863 e. The van der Waals surface area contributed by atoms with Crippen LogP contribution in [-0.2, 0) is 0 Å². The van der Waals surface area contributed by atoms with Gasteiger partial charge in [-0.3, -0.25) is 0 Å². The van der Waals surface area contributed by atoms with Gasteiger partial charge in [0.2, 0.25) is 0 Å². The van der Waals surface area contributed by atoms with Crippen molar-refractivity contribution in [1.82, 2.24) is 10.4 Å². The first-order valence-electron chi connectivity index (χ1n) is 5.91. The lowest BCUT2D eigenvalue weighted by atomic mass is 10.1. The number of nitrogens with zero attached hydrogens (tertiary/aromatic N) is 1. The standard InChI is InChI=1S/C11H24N2/c1-3-5-7-8-9-11-12-13(11)10-6-4-2/h11-12H,3-10H2,1-2H3/t11-,13?/m0/s1. The molecular weight excluding hydrogens is 160 g/mol. The van der Waals surface area contributed by atoms with Crippen molar-refractivity contribution in [1.29, 1.82) is 0 Å². The average molecular weight is 184 g/mol. The van der Waals surface area contributed by atoms with E-state index in [1.54, 1.807) is 0 Å². The molecule has 1 N–H and O–H groups in total. The number of unbranched alkanes of at least 4 members (excludes halogenated alkanes) is 4. The third-order valence-corrected chi connectivity index (χ3v) is 2.71. The monoisotopic (exact) mass is 184 g/mol. The molecule has 1 fully saturated rings. The van der Waals surface area contributed by atoms with Crippen LogP contribution in [0.5, 0.6) is 0 Å². The summed E-state index contributed by atoms with van der Waals surface area (Å²) in [6.07, 6.45) is 10.3. The number of rotatable bonds is 8. The van der Waals surface area contributed by atoms with Crippen molar-refractivity contribution in [2.75, 3.05) is 6.54 Å². The summed E-state index contributed by atoms with van der Waals surface area (Å²) in [7, 11) is 0. The van der Waals surface area contributed by atoms with E-state index in [1.807, 2.05) is 0 Å². The lowest BCUT2D eigenvalue weighted by molar-refractivity contribution is 0.447. The van der Waals surface area contributed by atoms with Gasteiger partial charge in [0.05, 0.1) is 6.17 Å². The summed E-state index contributed by atoms with van der Waals surface area (Å²) >= 11 is 0. The van der Waals surface area contributed by atoms with Gasteiger partial charge in [-0.25, -0.2) is 10.4 Å². The third-order valence-electron chi connectivity index (χ3n) is 2.71. The summed E-state index contributed by atoms with van der Waals surface area (Å²) in [6, 6.07) is 0. The Morgan fingerprint density at radius 3 is 2.46 bits per heavy atom. The minimum atomic E-state index is 0.725. The van der Waals surface area contributed by atoms with E-state index in [9.17, 15) is 0 Å². The maximum absolute atomic E-state index is 3.41. The fourth-order valence-corrected chi connectivity index (χ4v) is 1.69. The van der Waals surface area contributed by atoms with E-state index in [1.165, 1.54) is 51.5 Å². The topological polar surface area (TPSA) is 25.0 Å². The third kappa shape index (κ3) is 4.63. The zero-order valence-electron chi connectivity index (χ0n) is 9.18. The summed E-state index contributed by atoms with van der Waals surface area (Å²) in [4.78, 5) is 0. The highest BCUT2D eigenvalue weighted by molar-refractivity contribution is 4.77. The Balaban J connectivity index is 1.83. The molecule has 1 aliphatic heterocycles. The molecule has 1 saturated heterocycles. The largest absolute Gasteiger partial charge is 0.235 e. The molecule has 0 radical (unpaired) electrons. The molecule has 1 rings (SSSR count). The molecule has 1 aliphatic rings. The zero-order chi connectivity index (χ0) is 9.52. The Kier molecular flexibility index (Phi) is 5.40. The molecule has 0 spiro atoms. The van der Waals surface area contributed by atoms with Crippen molar-refractivity contribution in [2.24, 2.45) is 0 Å². The smallest absolute Gasteiger partial charge is 0.0863 e. The number of hydrogen-bond donors (Lipinski definition) is 1. The minimum Gasteiger partial charge on any atom is -0.235 e. The normalized spacial score (nSPS) is 26.3. The van der Waals surface area contributed by atoms with E-state index in [-0.39, 0.29) is 0 Å². The highest BCUT2D eigenvalue weighted by atomic mass is 15.7. The summed E-state index contributed by atoms with van der Waals surface area (Å²) in [5.41, 5.74) is 3.41. The van der Waals surface area contributed by atoms with E-state index in [0.29, 0.717) is 0 Å². The average Bonchev–Trinajstić information content (AvgIpc) is 2.88. The molecule has 0 saturated carbocycles. The molecule has 2 nitrogen and oxygen atoms in total. The quantitative estimate of drug-likeness (QED) is 0.463. The first-order chi connectivity index (χ1) is 6.38. The van der Waals surface area contributed by atoms with E-state index in [4.69, 9.17) is 0 Å². The first kappa shape index (κ1) is 11.0. The predicted molar refractivity (Wildman–Crippen MR) is 57.3 cm³/mol. The second kappa shape index (κ2) is 6.39. The van der Waals surface area contributed by atoms with Gasteiger partial charge in [-0.05, 0) is 12.8 Å². The van der Waals surface area contributed by atoms with Crippen LogP contribution in [0.2, 0.25) is 0 Å². The van der Waals surface area contributed by atoms with Crippen molar-refractivity contribution in [3.05, 3.63) is 0 Å². The molecule has 1 unspecified atom stereocenters.